The van der Waals surface area contributed by atoms with Crippen LogP contribution < -0.4 is 9.62 Å². The summed E-state index contributed by atoms with van der Waals surface area (Å²) in [7, 11) is -2.25. The Morgan fingerprint density at radius 3 is 2.73 bits per heavy atom. The summed E-state index contributed by atoms with van der Waals surface area (Å²) in [4.78, 5) is 23.3. The quantitative estimate of drug-likeness (QED) is 0.305. The molecule has 0 saturated carbocycles. The summed E-state index contributed by atoms with van der Waals surface area (Å²) in [6.07, 6.45) is 1.51. The monoisotopic (exact) mass is 492 g/mol. The Labute approximate surface area is 188 Å². The van der Waals surface area contributed by atoms with Gasteiger partial charge in [0.05, 0.1) is 24.8 Å². The highest BCUT2D eigenvalue weighted by Crippen LogP contribution is 2.27. The van der Waals surface area contributed by atoms with Crippen molar-refractivity contribution in [3.05, 3.63) is 28.8 Å². The summed E-state index contributed by atoms with van der Waals surface area (Å²) in [5, 5.41) is 11.1. The first-order valence-electron chi connectivity index (χ1n) is 8.67. The molecule has 1 heterocycles. The zero-order valence-electron chi connectivity index (χ0n) is 16.5. The predicted octanol–water partition coefficient (Wildman–Crippen LogP) is 2.95. The first-order valence-corrected chi connectivity index (χ1v) is 12.7. The van der Waals surface area contributed by atoms with E-state index in [1.165, 1.54) is 11.4 Å². The number of methoxy groups -OCH3 is 1. The number of esters is 1. The zero-order valence-corrected chi connectivity index (χ0v) is 19.8. The molecule has 0 aliphatic carbocycles. The van der Waals surface area contributed by atoms with Crippen LogP contribution in [0, 0.1) is 6.92 Å². The fraction of sp³-hybridized carbons (Fsp3) is 0.412. The molecular weight excluding hydrogens is 472 g/mol. The maximum absolute atomic E-state index is 12.2. The maximum atomic E-state index is 12.2. The van der Waals surface area contributed by atoms with E-state index in [2.05, 4.69) is 20.3 Å². The minimum absolute atomic E-state index is 0.0931. The van der Waals surface area contributed by atoms with E-state index >= 15 is 0 Å². The number of anilines is 2. The number of rotatable bonds is 10. The van der Waals surface area contributed by atoms with Gasteiger partial charge in [-0.25, -0.2) is 8.42 Å². The number of aryl methyl sites for hydroxylation is 1. The molecular formula is C17H21ClN4O5S3. The van der Waals surface area contributed by atoms with Crippen LogP contribution in [0.15, 0.2) is 22.5 Å². The van der Waals surface area contributed by atoms with Gasteiger partial charge in [0.25, 0.3) is 0 Å². The summed E-state index contributed by atoms with van der Waals surface area (Å²) in [6.45, 7) is 1.92. The molecule has 2 rings (SSSR count). The SMILES string of the molecule is COC(=O)CSc1nnc(NC(=O)CCCN(c2cc(Cl)ccc2C)S(C)(=O)=O)s1. The Kier molecular flexibility index (Phi) is 8.89. The Hall–Kier alpha value is -1.89. The van der Waals surface area contributed by atoms with Crippen LogP contribution in [0.1, 0.15) is 18.4 Å². The van der Waals surface area contributed by atoms with Gasteiger partial charge in [-0.3, -0.25) is 13.9 Å². The lowest BCUT2D eigenvalue weighted by Crippen LogP contribution is -2.32. The second-order valence-electron chi connectivity index (χ2n) is 6.16. The van der Waals surface area contributed by atoms with Crippen molar-refractivity contribution in [3.8, 4) is 0 Å². The van der Waals surface area contributed by atoms with E-state index in [9.17, 15) is 18.0 Å². The number of hydrogen-bond donors (Lipinski definition) is 1. The third-order valence-electron chi connectivity index (χ3n) is 3.80. The van der Waals surface area contributed by atoms with E-state index in [1.54, 1.807) is 25.1 Å². The second kappa shape index (κ2) is 10.9. The lowest BCUT2D eigenvalue weighted by molar-refractivity contribution is -0.137. The van der Waals surface area contributed by atoms with Crippen molar-refractivity contribution in [3.63, 3.8) is 0 Å². The van der Waals surface area contributed by atoms with Crippen LogP contribution in [0.4, 0.5) is 10.8 Å². The zero-order chi connectivity index (χ0) is 22.3. The van der Waals surface area contributed by atoms with Crippen molar-refractivity contribution < 1.29 is 22.7 Å². The predicted molar refractivity (Wildman–Crippen MR) is 119 cm³/mol. The van der Waals surface area contributed by atoms with E-state index < -0.39 is 10.0 Å². The van der Waals surface area contributed by atoms with Gasteiger partial charge >= 0.3 is 5.97 Å². The molecule has 1 N–H and O–H groups in total. The Morgan fingerprint density at radius 1 is 1.33 bits per heavy atom. The number of benzene rings is 1. The summed E-state index contributed by atoms with van der Waals surface area (Å²) in [5.74, 6) is -0.596. The van der Waals surface area contributed by atoms with Crippen molar-refractivity contribution in [2.75, 3.05) is 35.3 Å². The number of amides is 1. The minimum Gasteiger partial charge on any atom is -0.468 e. The minimum atomic E-state index is -3.54. The number of thioether (sulfide) groups is 1. The first kappa shape index (κ1) is 24.4. The van der Waals surface area contributed by atoms with E-state index in [1.807, 2.05) is 0 Å². The molecule has 0 spiro atoms. The van der Waals surface area contributed by atoms with Crippen molar-refractivity contribution in [2.24, 2.45) is 0 Å². The number of ether oxygens (including phenoxy) is 1. The average Bonchev–Trinajstić information content (AvgIpc) is 3.11. The molecule has 0 radical (unpaired) electrons. The van der Waals surface area contributed by atoms with E-state index in [0.717, 1.165) is 34.9 Å². The second-order valence-corrected chi connectivity index (χ2v) is 10.7. The van der Waals surface area contributed by atoms with Crippen LogP contribution in [0.2, 0.25) is 5.02 Å². The molecule has 0 fully saturated rings. The van der Waals surface area contributed by atoms with Crippen molar-refractivity contribution >= 4 is 67.4 Å². The van der Waals surface area contributed by atoms with Crippen molar-refractivity contribution in [2.45, 2.75) is 24.1 Å². The molecule has 0 unspecified atom stereocenters. The number of carbonyl (C=O) groups is 2. The molecule has 0 aliphatic rings. The highest BCUT2D eigenvalue weighted by atomic mass is 35.5. The topological polar surface area (TPSA) is 119 Å². The van der Waals surface area contributed by atoms with Gasteiger partial charge in [-0.1, -0.05) is 40.8 Å². The van der Waals surface area contributed by atoms with Crippen LogP contribution >= 0.6 is 34.7 Å². The molecule has 0 bridgehead atoms. The number of nitrogens with zero attached hydrogens (tertiary/aromatic N) is 3. The average molecular weight is 493 g/mol. The summed E-state index contributed by atoms with van der Waals surface area (Å²) >= 11 is 8.31. The molecule has 0 atom stereocenters. The molecule has 2 aromatic rings. The number of sulfonamides is 1. The highest BCUT2D eigenvalue weighted by Gasteiger charge is 2.20. The van der Waals surface area contributed by atoms with Crippen LogP contribution in [0.5, 0.6) is 0 Å². The molecule has 0 saturated heterocycles. The number of carbonyl (C=O) groups excluding carboxylic acids is 2. The molecule has 30 heavy (non-hydrogen) atoms. The summed E-state index contributed by atoms with van der Waals surface area (Å²) in [6, 6.07) is 5.02. The fourth-order valence-electron chi connectivity index (χ4n) is 2.38. The number of nitrogens with one attached hydrogen (secondary N) is 1. The van der Waals surface area contributed by atoms with Gasteiger partial charge in [0, 0.05) is 18.0 Å². The van der Waals surface area contributed by atoms with Crippen LogP contribution in [0.25, 0.3) is 0 Å². The third kappa shape index (κ3) is 7.42. The number of halogens is 1. The molecule has 1 aromatic carbocycles. The van der Waals surface area contributed by atoms with Crippen molar-refractivity contribution in [1.82, 2.24) is 10.2 Å². The van der Waals surface area contributed by atoms with Crippen LogP contribution in [-0.4, -0.2) is 56.2 Å². The largest absolute Gasteiger partial charge is 0.468 e. The molecule has 1 amide bonds. The third-order valence-corrected chi connectivity index (χ3v) is 7.16. The smallest absolute Gasteiger partial charge is 0.316 e. The first-order chi connectivity index (χ1) is 14.1. The standard InChI is InChI=1S/C17H21ClN4O5S3/c1-11-6-7-12(18)9-13(11)22(30(3,25)26)8-4-5-14(23)19-16-20-21-17(29-16)28-10-15(24)27-2/h6-7,9H,4-5,8,10H2,1-3H3,(H,19,20,23). The number of hydrogen-bond acceptors (Lipinski definition) is 9. The van der Waals surface area contributed by atoms with Gasteiger partial charge in [-0.05, 0) is 31.0 Å². The summed E-state index contributed by atoms with van der Waals surface area (Å²) in [5.41, 5.74) is 1.25. The molecule has 1 aromatic heterocycles. The lowest BCUT2D eigenvalue weighted by Gasteiger charge is -2.24. The van der Waals surface area contributed by atoms with Crippen LogP contribution in [0.3, 0.4) is 0 Å². The lowest BCUT2D eigenvalue weighted by atomic mass is 10.2. The van der Waals surface area contributed by atoms with Gasteiger partial charge in [-0.15, -0.1) is 10.2 Å². The van der Waals surface area contributed by atoms with Gasteiger partial charge < -0.3 is 10.1 Å². The van der Waals surface area contributed by atoms with E-state index in [-0.39, 0.29) is 30.6 Å². The van der Waals surface area contributed by atoms with Crippen LogP contribution in [-0.2, 0) is 24.3 Å². The molecule has 0 aliphatic heterocycles. The normalized spacial score (nSPS) is 11.2. The fourth-order valence-corrected chi connectivity index (χ4v) is 5.16. The van der Waals surface area contributed by atoms with Gasteiger partial charge in [0.1, 0.15) is 0 Å². The molecule has 13 heteroatoms. The molecule has 9 nitrogen and oxygen atoms in total. The van der Waals surface area contributed by atoms with Gasteiger partial charge in [-0.2, -0.15) is 0 Å². The van der Waals surface area contributed by atoms with Crippen molar-refractivity contribution in [1.29, 1.82) is 0 Å². The summed E-state index contributed by atoms with van der Waals surface area (Å²) < 4.78 is 30.8. The number of aromatic nitrogens is 2. The van der Waals surface area contributed by atoms with E-state index in [0.29, 0.717) is 26.6 Å². The van der Waals surface area contributed by atoms with Gasteiger partial charge in [0.15, 0.2) is 4.34 Å². The Balaban J connectivity index is 1.91. The maximum Gasteiger partial charge on any atom is 0.316 e. The Morgan fingerprint density at radius 2 is 2.07 bits per heavy atom. The van der Waals surface area contributed by atoms with Gasteiger partial charge in [0.2, 0.25) is 21.1 Å². The Bertz CT molecular complexity index is 1010. The molecule has 164 valence electrons. The highest BCUT2D eigenvalue weighted by molar-refractivity contribution is 8.01. The van der Waals surface area contributed by atoms with E-state index in [4.69, 9.17) is 11.6 Å².